The first kappa shape index (κ1) is 20.4. The molecule has 0 aromatic heterocycles. The molecule has 0 aliphatic rings. The van der Waals surface area contributed by atoms with Crippen molar-refractivity contribution in [1.29, 1.82) is 0 Å². The molecule has 2 aromatic rings. The molecule has 144 valence electrons. The monoisotopic (exact) mass is 390 g/mol. The Morgan fingerprint density at radius 1 is 1.11 bits per heavy atom. The summed E-state index contributed by atoms with van der Waals surface area (Å²) in [6.07, 6.45) is 1.13. The van der Waals surface area contributed by atoms with E-state index < -0.39 is 10.0 Å². The van der Waals surface area contributed by atoms with E-state index >= 15 is 0 Å². The van der Waals surface area contributed by atoms with Gasteiger partial charge in [0.05, 0.1) is 19.8 Å². The highest BCUT2D eigenvalue weighted by Gasteiger charge is 2.12. The maximum absolute atomic E-state index is 12.3. The normalized spacial score (nSPS) is 10.9. The summed E-state index contributed by atoms with van der Waals surface area (Å²) in [5.74, 6) is 0.208. The van der Waals surface area contributed by atoms with Crippen molar-refractivity contribution in [2.45, 2.75) is 19.9 Å². The van der Waals surface area contributed by atoms with Gasteiger partial charge < -0.3 is 10.1 Å². The van der Waals surface area contributed by atoms with Crippen LogP contribution in [0, 0.1) is 0 Å². The van der Waals surface area contributed by atoms with Crippen molar-refractivity contribution >= 4 is 27.4 Å². The lowest BCUT2D eigenvalue weighted by atomic mass is 10.0. The number of amides is 1. The second-order valence-electron chi connectivity index (χ2n) is 6.11. The summed E-state index contributed by atoms with van der Waals surface area (Å²) in [5, 5.41) is 2.78. The number of rotatable bonds is 8. The van der Waals surface area contributed by atoms with Gasteiger partial charge in [-0.2, -0.15) is 0 Å². The minimum absolute atomic E-state index is 0.0611. The van der Waals surface area contributed by atoms with E-state index in [0.29, 0.717) is 22.6 Å². The van der Waals surface area contributed by atoms with Crippen LogP contribution in [-0.4, -0.2) is 33.5 Å². The quantitative estimate of drug-likeness (QED) is 0.673. The van der Waals surface area contributed by atoms with Gasteiger partial charge in [-0.15, -0.1) is 0 Å². The summed E-state index contributed by atoms with van der Waals surface area (Å²) in [6.45, 7) is 1.70. The third kappa shape index (κ3) is 6.41. The van der Waals surface area contributed by atoms with Crippen molar-refractivity contribution < 1.29 is 22.7 Å². The van der Waals surface area contributed by atoms with Crippen molar-refractivity contribution in [2.24, 2.45) is 0 Å². The summed E-state index contributed by atoms with van der Waals surface area (Å²) < 4.78 is 30.2. The molecule has 0 atom stereocenters. The van der Waals surface area contributed by atoms with E-state index in [0.717, 1.165) is 11.8 Å². The molecule has 2 rings (SSSR count). The number of carbonyl (C=O) groups is 2. The predicted molar refractivity (Wildman–Crippen MR) is 103 cm³/mol. The number of sulfonamides is 1. The third-order valence-corrected chi connectivity index (χ3v) is 4.36. The lowest BCUT2D eigenvalue weighted by Crippen LogP contribution is -2.25. The summed E-state index contributed by atoms with van der Waals surface area (Å²) >= 11 is 0. The highest BCUT2D eigenvalue weighted by molar-refractivity contribution is 7.92. The first-order valence-corrected chi connectivity index (χ1v) is 10.1. The van der Waals surface area contributed by atoms with E-state index in [1.165, 1.54) is 14.0 Å². The number of nitrogens with one attached hydrogen (secondary N) is 2. The van der Waals surface area contributed by atoms with Gasteiger partial charge in [0.25, 0.3) is 0 Å². The van der Waals surface area contributed by atoms with E-state index in [-0.39, 0.29) is 24.7 Å². The molecule has 0 fully saturated rings. The maximum Gasteiger partial charge on any atom is 0.229 e. The number of anilines is 1. The van der Waals surface area contributed by atoms with Crippen LogP contribution in [-0.2, 0) is 27.8 Å². The number of benzene rings is 2. The molecule has 8 heteroatoms. The van der Waals surface area contributed by atoms with Gasteiger partial charge in [0.1, 0.15) is 5.75 Å². The fourth-order valence-electron chi connectivity index (χ4n) is 2.53. The van der Waals surface area contributed by atoms with E-state index in [1.54, 1.807) is 42.5 Å². The van der Waals surface area contributed by atoms with E-state index in [1.807, 2.05) is 0 Å². The highest BCUT2D eigenvalue weighted by atomic mass is 32.2. The smallest absolute Gasteiger partial charge is 0.229 e. The van der Waals surface area contributed by atoms with Crippen LogP contribution in [0.15, 0.2) is 42.5 Å². The van der Waals surface area contributed by atoms with Gasteiger partial charge in [-0.05, 0) is 42.8 Å². The molecule has 0 radical (unpaired) electrons. The van der Waals surface area contributed by atoms with Crippen LogP contribution in [0.4, 0.5) is 5.69 Å². The molecule has 0 saturated heterocycles. The Hall–Kier alpha value is -2.87. The summed E-state index contributed by atoms with van der Waals surface area (Å²) in [7, 11) is -1.86. The molecule has 0 saturated carbocycles. The van der Waals surface area contributed by atoms with Gasteiger partial charge in [0.2, 0.25) is 15.9 Å². The standard InChI is InChI=1S/C19H22N2O5S/c1-13(22)15-7-8-18(26-2)16(10-15)11-19(23)20-12-14-5-4-6-17(9-14)21-27(3,24)25/h4-10,21H,11-12H2,1-3H3,(H,20,23). The molecule has 27 heavy (non-hydrogen) atoms. The van der Waals surface area contributed by atoms with E-state index in [9.17, 15) is 18.0 Å². The Morgan fingerprint density at radius 2 is 1.85 bits per heavy atom. The topological polar surface area (TPSA) is 102 Å². The molecule has 2 aromatic carbocycles. The van der Waals surface area contributed by atoms with Gasteiger partial charge >= 0.3 is 0 Å². The fraction of sp³-hybridized carbons (Fsp3) is 0.263. The predicted octanol–water partition coefficient (Wildman–Crippen LogP) is 2.13. The molecule has 1 amide bonds. The van der Waals surface area contributed by atoms with Crippen molar-refractivity contribution in [3.8, 4) is 5.75 Å². The van der Waals surface area contributed by atoms with Gasteiger partial charge in [-0.1, -0.05) is 12.1 Å². The maximum atomic E-state index is 12.3. The Bertz CT molecular complexity index is 954. The zero-order valence-corrected chi connectivity index (χ0v) is 16.2. The van der Waals surface area contributed by atoms with Gasteiger partial charge in [0.15, 0.2) is 5.78 Å². The first-order valence-electron chi connectivity index (χ1n) is 8.19. The summed E-state index contributed by atoms with van der Waals surface area (Å²) in [5.41, 5.74) is 2.31. The lowest BCUT2D eigenvalue weighted by Gasteiger charge is -2.11. The number of hydrogen-bond acceptors (Lipinski definition) is 5. The van der Waals surface area contributed by atoms with Crippen molar-refractivity contribution in [1.82, 2.24) is 5.32 Å². The van der Waals surface area contributed by atoms with Crippen LogP contribution in [0.5, 0.6) is 5.75 Å². The van der Waals surface area contributed by atoms with Crippen molar-refractivity contribution in [3.63, 3.8) is 0 Å². The molecule has 0 heterocycles. The van der Waals surface area contributed by atoms with Crippen LogP contribution in [0.2, 0.25) is 0 Å². The Morgan fingerprint density at radius 3 is 2.48 bits per heavy atom. The molecular weight excluding hydrogens is 368 g/mol. The van der Waals surface area contributed by atoms with Crippen molar-refractivity contribution in [2.75, 3.05) is 18.1 Å². The minimum Gasteiger partial charge on any atom is -0.496 e. The second-order valence-corrected chi connectivity index (χ2v) is 7.86. The highest BCUT2D eigenvalue weighted by Crippen LogP contribution is 2.21. The van der Waals surface area contributed by atoms with Gasteiger partial charge in [-0.25, -0.2) is 8.42 Å². The molecule has 0 bridgehead atoms. The number of hydrogen-bond donors (Lipinski definition) is 2. The van der Waals surface area contributed by atoms with Gasteiger partial charge in [-0.3, -0.25) is 14.3 Å². The van der Waals surface area contributed by atoms with Crippen LogP contribution >= 0.6 is 0 Å². The average molecular weight is 390 g/mol. The number of ether oxygens (including phenoxy) is 1. The zero-order chi connectivity index (χ0) is 20.0. The Kier molecular flexibility index (Phi) is 6.57. The summed E-state index contributed by atoms with van der Waals surface area (Å²) in [4.78, 5) is 23.8. The van der Waals surface area contributed by atoms with Crippen LogP contribution in [0.3, 0.4) is 0 Å². The average Bonchev–Trinajstić information content (AvgIpc) is 2.58. The summed E-state index contributed by atoms with van der Waals surface area (Å²) in [6, 6.07) is 11.7. The molecule has 0 aliphatic heterocycles. The largest absolute Gasteiger partial charge is 0.496 e. The van der Waals surface area contributed by atoms with Gasteiger partial charge in [0, 0.05) is 23.4 Å². The first-order chi connectivity index (χ1) is 12.7. The molecule has 0 spiro atoms. The van der Waals surface area contributed by atoms with Crippen LogP contribution < -0.4 is 14.8 Å². The van der Waals surface area contributed by atoms with Crippen LogP contribution in [0.25, 0.3) is 0 Å². The molecule has 0 unspecified atom stereocenters. The zero-order valence-electron chi connectivity index (χ0n) is 15.4. The molecule has 0 aliphatic carbocycles. The number of carbonyl (C=O) groups excluding carboxylic acids is 2. The fourth-order valence-corrected chi connectivity index (χ4v) is 3.09. The van der Waals surface area contributed by atoms with Crippen LogP contribution in [0.1, 0.15) is 28.4 Å². The second kappa shape index (κ2) is 8.68. The number of methoxy groups -OCH3 is 1. The third-order valence-electron chi connectivity index (χ3n) is 3.76. The number of ketones is 1. The lowest BCUT2D eigenvalue weighted by molar-refractivity contribution is -0.120. The molecule has 7 nitrogen and oxygen atoms in total. The molecule has 2 N–H and O–H groups in total. The Labute approximate surface area is 158 Å². The molecular formula is C19H22N2O5S. The van der Waals surface area contributed by atoms with E-state index in [4.69, 9.17) is 4.74 Å². The number of Topliss-reactive ketones (excluding diaryl/α,β-unsaturated/α-hetero) is 1. The minimum atomic E-state index is -3.36. The Balaban J connectivity index is 2.04. The van der Waals surface area contributed by atoms with E-state index in [2.05, 4.69) is 10.0 Å². The van der Waals surface area contributed by atoms with Crippen molar-refractivity contribution in [3.05, 3.63) is 59.2 Å². The SMILES string of the molecule is COc1ccc(C(C)=O)cc1CC(=O)NCc1cccc(NS(C)(=O)=O)c1.